The topological polar surface area (TPSA) is 96.9 Å². The normalized spacial score (nSPS) is 24.8. The van der Waals surface area contributed by atoms with Crippen LogP contribution in [0.2, 0.25) is 0 Å². The van der Waals surface area contributed by atoms with Crippen molar-refractivity contribution in [3.05, 3.63) is 0 Å². The van der Waals surface area contributed by atoms with Crippen molar-refractivity contribution in [2.24, 2.45) is 5.41 Å². The molecular formula is C14H26N2O5. The molecule has 122 valence electrons. The molecule has 0 saturated heterocycles. The molecule has 7 heteroatoms. The van der Waals surface area contributed by atoms with Crippen LogP contribution in [0.25, 0.3) is 0 Å². The van der Waals surface area contributed by atoms with E-state index in [1.54, 1.807) is 0 Å². The van der Waals surface area contributed by atoms with Crippen molar-refractivity contribution in [1.82, 2.24) is 10.6 Å². The molecule has 0 aromatic rings. The number of ether oxygens (including phenoxy) is 2. The van der Waals surface area contributed by atoms with Gasteiger partial charge in [-0.2, -0.15) is 0 Å². The van der Waals surface area contributed by atoms with E-state index in [0.29, 0.717) is 6.61 Å². The maximum absolute atomic E-state index is 11.9. The summed E-state index contributed by atoms with van der Waals surface area (Å²) in [6, 6.07) is -1.44. The highest BCUT2D eigenvalue weighted by Gasteiger charge is 2.49. The maximum Gasteiger partial charge on any atom is 0.326 e. The van der Waals surface area contributed by atoms with E-state index < -0.39 is 18.0 Å². The molecule has 1 aliphatic rings. The van der Waals surface area contributed by atoms with Gasteiger partial charge in [0.25, 0.3) is 0 Å². The lowest BCUT2D eigenvalue weighted by atomic mass is 9.64. The van der Waals surface area contributed by atoms with E-state index in [4.69, 9.17) is 14.6 Å². The van der Waals surface area contributed by atoms with Crippen molar-refractivity contribution in [2.45, 2.75) is 51.8 Å². The Morgan fingerprint density at radius 1 is 1.43 bits per heavy atom. The number of carbonyl (C=O) groups excluding carboxylic acids is 1. The van der Waals surface area contributed by atoms with E-state index in [2.05, 4.69) is 10.6 Å². The van der Waals surface area contributed by atoms with Gasteiger partial charge < -0.3 is 25.2 Å². The average Bonchev–Trinajstić information content (AvgIpc) is 2.42. The fraction of sp³-hybridized carbons (Fsp3) is 0.857. The summed E-state index contributed by atoms with van der Waals surface area (Å²) in [5.41, 5.74) is -0.154. The number of carboxylic acid groups (broad SMARTS) is 1. The van der Waals surface area contributed by atoms with Crippen LogP contribution in [0.15, 0.2) is 0 Å². The quantitative estimate of drug-likeness (QED) is 0.621. The third-order valence-electron chi connectivity index (χ3n) is 4.06. The summed E-state index contributed by atoms with van der Waals surface area (Å²) in [7, 11) is 1.49. The van der Waals surface area contributed by atoms with Crippen LogP contribution in [0.4, 0.5) is 4.79 Å². The van der Waals surface area contributed by atoms with Crippen LogP contribution in [-0.4, -0.2) is 55.6 Å². The van der Waals surface area contributed by atoms with E-state index in [0.717, 1.165) is 6.42 Å². The lowest BCUT2D eigenvalue weighted by Crippen LogP contribution is -2.64. The van der Waals surface area contributed by atoms with Gasteiger partial charge in [-0.1, -0.05) is 13.8 Å². The molecular weight excluding hydrogens is 276 g/mol. The second-order valence-electron chi connectivity index (χ2n) is 5.84. The molecule has 0 aliphatic heterocycles. The highest BCUT2D eigenvalue weighted by Crippen LogP contribution is 2.42. The standard InChI is InChI=1S/C14H26N2O5/c1-5-21-11-8-10(14(11,2)3)16-13(19)15-9(12(17)18)6-7-20-4/h9-11H,5-8H2,1-4H3,(H,17,18)(H2,15,16,19). The highest BCUT2D eigenvalue weighted by molar-refractivity contribution is 5.82. The first kappa shape index (κ1) is 17.7. The number of carbonyl (C=O) groups is 2. The molecule has 0 heterocycles. The van der Waals surface area contributed by atoms with Crippen molar-refractivity contribution in [1.29, 1.82) is 0 Å². The Kier molecular flexibility index (Phi) is 6.42. The Bertz CT molecular complexity index is 372. The molecule has 1 rings (SSSR count). The van der Waals surface area contributed by atoms with Gasteiger partial charge in [0.05, 0.1) is 6.10 Å². The van der Waals surface area contributed by atoms with Crippen LogP contribution in [-0.2, 0) is 14.3 Å². The van der Waals surface area contributed by atoms with Crippen LogP contribution in [0.3, 0.4) is 0 Å². The smallest absolute Gasteiger partial charge is 0.326 e. The summed E-state index contributed by atoms with van der Waals surface area (Å²) >= 11 is 0. The second kappa shape index (κ2) is 7.61. The Labute approximate surface area is 125 Å². The molecule has 0 radical (unpaired) electrons. The summed E-state index contributed by atoms with van der Waals surface area (Å²) in [6.07, 6.45) is 1.09. The van der Waals surface area contributed by atoms with Gasteiger partial charge in [-0.05, 0) is 13.3 Å². The van der Waals surface area contributed by atoms with Crippen LogP contribution in [0, 0.1) is 5.41 Å². The van der Waals surface area contributed by atoms with Gasteiger partial charge in [0.15, 0.2) is 0 Å². The third kappa shape index (κ3) is 4.57. The Balaban J connectivity index is 2.45. The Hall–Kier alpha value is -1.34. The van der Waals surface area contributed by atoms with Gasteiger partial charge in [-0.3, -0.25) is 0 Å². The number of aliphatic carboxylic acids is 1. The molecule has 0 spiro atoms. The zero-order valence-corrected chi connectivity index (χ0v) is 13.1. The number of hydrogen-bond acceptors (Lipinski definition) is 4. The molecule has 1 fully saturated rings. The molecule has 2 amide bonds. The molecule has 3 atom stereocenters. The van der Waals surface area contributed by atoms with Gasteiger partial charge >= 0.3 is 12.0 Å². The number of urea groups is 1. The average molecular weight is 302 g/mol. The summed E-state index contributed by atoms with van der Waals surface area (Å²) in [5.74, 6) is -1.07. The van der Waals surface area contributed by atoms with Crippen molar-refractivity contribution in [2.75, 3.05) is 20.3 Å². The first-order chi connectivity index (χ1) is 9.82. The summed E-state index contributed by atoms with van der Waals surface area (Å²) in [5, 5.41) is 14.3. The van der Waals surface area contributed by atoms with Crippen LogP contribution in [0.1, 0.15) is 33.6 Å². The molecule has 0 aromatic carbocycles. The minimum atomic E-state index is -1.07. The molecule has 3 N–H and O–H groups in total. The van der Waals surface area contributed by atoms with E-state index in [1.807, 2.05) is 20.8 Å². The number of carboxylic acids is 1. The van der Waals surface area contributed by atoms with E-state index in [1.165, 1.54) is 7.11 Å². The third-order valence-corrected chi connectivity index (χ3v) is 4.06. The van der Waals surface area contributed by atoms with Gasteiger partial charge in [-0.25, -0.2) is 9.59 Å². The first-order valence-corrected chi connectivity index (χ1v) is 7.23. The summed E-state index contributed by atoms with van der Waals surface area (Å²) < 4.78 is 10.4. The van der Waals surface area contributed by atoms with Crippen molar-refractivity contribution in [3.63, 3.8) is 0 Å². The van der Waals surface area contributed by atoms with Crippen LogP contribution < -0.4 is 10.6 Å². The fourth-order valence-electron chi connectivity index (χ4n) is 2.47. The van der Waals surface area contributed by atoms with Gasteiger partial charge in [0.1, 0.15) is 6.04 Å². The van der Waals surface area contributed by atoms with Crippen LogP contribution >= 0.6 is 0 Å². The Morgan fingerprint density at radius 3 is 2.57 bits per heavy atom. The molecule has 3 unspecified atom stereocenters. The number of nitrogens with one attached hydrogen (secondary N) is 2. The molecule has 0 aromatic heterocycles. The summed E-state index contributed by atoms with van der Waals surface area (Å²) in [4.78, 5) is 23.0. The minimum absolute atomic E-state index is 0.0223. The fourth-order valence-corrected chi connectivity index (χ4v) is 2.47. The predicted molar refractivity (Wildman–Crippen MR) is 77.2 cm³/mol. The largest absolute Gasteiger partial charge is 0.480 e. The molecule has 21 heavy (non-hydrogen) atoms. The van der Waals surface area contributed by atoms with Gasteiger partial charge in [-0.15, -0.1) is 0 Å². The van der Waals surface area contributed by atoms with E-state index in [-0.39, 0.29) is 30.6 Å². The van der Waals surface area contributed by atoms with Gasteiger partial charge in [0.2, 0.25) is 0 Å². The molecule has 7 nitrogen and oxygen atoms in total. The monoisotopic (exact) mass is 302 g/mol. The minimum Gasteiger partial charge on any atom is -0.480 e. The highest BCUT2D eigenvalue weighted by atomic mass is 16.5. The Morgan fingerprint density at radius 2 is 2.10 bits per heavy atom. The molecule has 1 aliphatic carbocycles. The van der Waals surface area contributed by atoms with E-state index in [9.17, 15) is 9.59 Å². The zero-order chi connectivity index (χ0) is 16.0. The van der Waals surface area contributed by atoms with E-state index >= 15 is 0 Å². The number of methoxy groups -OCH3 is 1. The molecule has 1 saturated carbocycles. The molecule has 0 bridgehead atoms. The van der Waals surface area contributed by atoms with Crippen LogP contribution in [0.5, 0.6) is 0 Å². The van der Waals surface area contributed by atoms with Crippen molar-refractivity contribution >= 4 is 12.0 Å². The lowest BCUT2D eigenvalue weighted by Gasteiger charge is -2.51. The first-order valence-electron chi connectivity index (χ1n) is 7.23. The van der Waals surface area contributed by atoms with Crippen molar-refractivity contribution < 1.29 is 24.2 Å². The number of amides is 2. The SMILES string of the molecule is CCOC1CC(NC(=O)NC(CCOC)C(=O)O)C1(C)C. The van der Waals surface area contributed by atoms with Crippen molar-refractivity contribution in [3.8, 4) is 0 Å². The predicted octanol–water partition coefficient (Wildman–Crippen LogP) is 0.979. The zero-order valence-electron chi connectivity index (χ0n) is 13.1. The second-order valence-corrected chi connectivity index (χ2v) is 5.84. The summed E-state index contributed by atoms with van der Waals surface area (Å²) in [6.45, 7) is 6.92. The number of rotatable bonds is 8. The lowest BCUT2D eigenvalue weighted by molar-refractivity contribution is -0.139. The maximum atomic E-state index is 11.9. The number of hydrogen-bond donors (Lipinski definition) is 3. The van der Waals surface area contributed by atoms with Gasteiger partial charge in [0, 0.05) is 38.2 Å².